The van der Waals surface area contributed by atoms with E-state index in [0.717, 1.165) is 19.6 Å². The number of amides is 1. The van der Waals surface area contributed by atoms with Gasteiger partial charge in [0.1, 0.15) is 6.61 Å². The Morgan fingerprint density at radius 2 is 2.29 bits per heavy atom. The molecule has 0 aromatic heterocycles. The predicted octanol–water partition coefficient (Wildman–Crippen LogP) is 0.0112. The van der Waals surface area contributed by atoms with E-state index in [2.05, 4.69) is 17.6 Å². The van der Waals surface area contributed by atoms with Crippen LogP contribution in [0.4, 0.5) is 0 Å². The van der Waals surface area contributed by atoms with Crippen molar-refractivity contribution in [2.45, 2.75) is 13.3 Å². The van der Waals surface area contributed by atoms with Crippen LogP contribution in [-0.4, -0.2) is 52.5 Å². The minimum atomic E-state index is -0.0427. The molecule has 1 saturated heterocycles. The van der Waals surface area contributed by atoms with Crippen LogP contribution in [0, 0.1) is 11.8 Å². The molecule has 0 bridgehead atoms. The topological polar surface area (TPSA) is 59.6 Å². The highest BCUT2D eigenvalue weighted by molar-refractivity contribution is 5.77. The Bertz CT molecular complexity index is 224. The number of piperidine rings is 1. The van der Waals surface area contributed by atoms with Crippen LogP contribution in [0.25, 0.3) is 0 Å². The number of rotatable bonds is 7. The molecule has 2 N–H and O–H groups in total. The summed E-state index contributed by atoms with van der Waals surface area (Å²) in [5.41, 5.74) is 0. The van der Waals surface area contributed by atoms with Gasteiger partial charge in [-0.2, -0.15) is 0 Å². The van der Waals surface area contributed by atoms with Crippen LogP contribution in [0.2, 0.25) is 0 Å². The first-order chi connectivity index (χ1) is 8.24. The van der Waals surface area contributed by atoms with Crippen molar-refractivity contribution in [1.82, 2.24) is 10.6 Å². The summed E-state index contributed by atoms with van der Waals surface area (Å²) < 4.78 is 9.98. The van der Waals surface area contributed by atoms with E-state index in [1.165, 1.54) is 6.42 Å². The number of hydrogen-bond donors (Lipinski definition) is 2. The van der Waals surface area contributed by atoms with Gasteiger partial charge in [-0.05, 0) is 31.3 Å². The lowest BCUT2D eigenvalue weighted by molar-refractivity contribution is -0.126. The number of nitrogens with one attached hydrogen (secondary N) is 2. The molecule has 2 unspecified atom stereocenters. The fourth-order valence-electron chi connectivity index (χ4n) is 1.93. The number of carbonyl (C=O) groups excluding carboxylic acids is 1. The Kier molecular flexibility index (Phi) is 7.16. The van der Waals surface area contributed by atoms with Gasteiger partial charge in [0.2, 0.25) is 5.91 Å². The van der Waals surface area contributed by atoms with Crippen molar-refractivity contribution in [1.29, 1.82) is 0 Å². The Hall–Kier alpha value is -0.650. The molecule has 0 radical (unpaired) electrons. The molecular weight excluding hydrogens is 220 g/mol. The first-order valence-electron chi connectivity index (χ1n) is 6.28. The van der Waals surface area contributed by atoms with E-state index in [0.29, 0.717) is 25.0 Å². The third-order valence-corrected chi connectivity index (χ3v) is 3.21. The standard InChI is InChI=1S/C12H24N2O3/c1-10-3-4-13-7-11(10)8-14-12(15)9-17-6-5-16-2/h10-11,13H,3-9H2,1-2H3,(H,14,15). The van der Waals surface area contributed by atoms with Gasteiger partial charge in [-0.25, -0.2) is 0 Å². The second-order valence-corrected chi connectivity index (χ2v) is 4.58. The molecule has 0 saturated carbocycles. The normalized spacial score (nSPS) is 24.6. The van der Waals surface area contributed by atoms with Crippen molar-refractivity contribution in [2.75, 3.05) is 46.6 Å². The highest BCUT2D eigenvalue weighted by atomic mass is 16.5. The van der Waals surface area contributed by atoms with Gasteiger partial charge in [-0.3, -0.25) is 4.79 Å². The first kappa shape index (κ1) is 14.4. The Morgan fingerprint density at radius 1 is 1.47 bits per heavy atom. The zero-order chi connectivity index (χ0) is 12.5. The molecular formula is C12H24N2O3. The van der Waals surface area contributed by atoms with Crippen LogP contribution in [-0.2, 0) is 14.3 Å². The smallest absolute Gasteiger partial charge is 0.246 e. The molecule has 0 aliphatic carbocycles. The van der Waals surface area contributed by atoms with Crippen molar-refractivity contribution < 1.29 is 14.3 Å². The molecule has 0 aromatic carbocycles. The third-order valence-electron chi connectivity index (χ3n) is 3.21. The van der Waals surface area contributed by atoms with E-state index in [1.54, 1.807) is 7.11 Å². The zero-order valence-electron chi connectivity index (χ0n) is 10.8. The van der Waals surface area contributed by atoms with Gasteiger partial charge in [0.15, 0.2) is 0 Å². The monoisotopic (exact) mass is 244 g/mol. The Morgan fingerprint density at radius 3 is 3.00 bits per heavy atom. The van der Waals surface area contributed by atoms with Gasteiger partial charge >= 0.3 is 0 Å². The Labute approximate surface area is 103 Å². The molecule has 1 fully saturated rings. The van der Waals surface area contributed by atoms with Crippen LogP contribution in [0.15, 0.2) is 0 Å². The van der Waals surface area contributed by atoms with Crippen LogP contribution in [0.1, 0.15) is 13.3 Å². The average Bonchev–Trinajstić information content (AvgIpc) is 2.34. The Balaban J connectivity index is 2.06. The van der Waals surface area contributed by atoms with Gasteiger partial charge < -0.3 is 20.1 Å². The van der Waals surface area contributed by atoms with Gasteiger partial charge in [0.05, 0.1) is 13.2 Å². The summed E-state index contributed by atoms with van der Waals surface area (Å²) in [7, 11) is 1.61. The van der Waals surface area contributed by atoms with E-state index in [-0.39, 0.29) is 12.5 Å². The number of methoxy groups -OCH3 is 1. The molecule has 100 valence electrons. The van der Waals surface area contributed by atoms with Crippen LogP contribution >= 0.6 is 0 Å². The highest BCUT2D eigenvalue weighted by Gasteiger charge is 2.21. The minimum absolute atomic E-state index is 0.0427. The lowest BCUT2D eigenvalue weighted by Crippen LogP contribution is -2.43. The molecule has 2 atom stereocenters. The van der Waals surface area contributed by atoms with E-state index in [9.17, 15) is 4.79 Å². The summed E-state index contributed by atoms with van der Waals surface area (Å²) in [5, 5.41) is 6.26. The fourth-order valence-corrected chi connectivity index (χ4v) is 1.93. The van der Waals surface area contributed by atoms with Gasteiger partial charge in [0, 0.05) is 13.7 Å². The second-order valence-electron chi connectivity index (χ2n) is 4.58. The van der Waals surface area contributed by atoms with E-state index >= 15 is 0 Å². The molecule has 1 amide bonds. The molecule has 5 heteroatoms. The van der Waals surface area contributed by atoms with Crippen LogP contribution < -0.4 is 10.6 Å². The fraction of sp³-hybridized carbons (Fsp3) is 0.917. The first-order valence-corrected chi connectivity index (χ1v) is 6.28. The maximum Gasteiger partial charge on any atom is 0.246 e. The highest BCUT2D eigenvalue weighted by Crippen LogP contribution is 2.17. The van der Waals surface area contributed by atoms with Gasteiger partial charge in [-0.1, -0.05) is 6.92 Å². The van der Waals surface area contributed by atoms with Crippen molar-refractivity contribution in [3.05, 3.63) is 0 Å². The minimum Gasteiger partial charge on any atom is -0.382 e. The van der Waals surface area contributed by atoms with Crippen molar-refractivity contribution in [3.63, 3.8) is 0 Å². The third kappa shape index (κ3) is 6.00. The lowest BCUT2D eigenvalue weighted by atomic mass is 9.88. The molecule has 1 aliphatic rings. The lowest BCUT2D eigenvalue weighted by Gasteiger charge is -2.29. The summed E-state index contributed by atoms with van der Waals surface area (Å²) in [5.74, 6) is 1.16. The summed E-state index contributed by atoms with van der Waals surface area (Å²) >= 11 is 0. The quantitative estimate of drug-likeness (QED) is 0.619. The summed E-state index contributed by atoms with van der Waals surface area (Å²) in [4.78, 5) is 11.5. The van der Waals surface area contributed by atoms with Crippen molar-refractivity contribution in [3.8, 4) is 0 Å². The summed E-state index contributed by atoms with van der Waals surface area (Å²) in [6.45, 7) is 6.17. The van der Waals surface area contributed by atoms with E-state index in [4.69, 9.17) is 9.47 Å². The van der Waals surface area contributed by atoms with Crippen LogP contribution in [0.3, 0.4) is 0 Å². The second kappa shape index (κ2) is 8.44. The number of ether oxygens (including phenoxy) is 2. The van der Waals surface area contributed by atoms with E-state index < -0.39 is 0 Å². The maximum atomic E-state index is 11.5. The molecule has 0 aromatic rings. The van der Waals surface area contributed by atoms with Gasteiger partial charge in [-0.15, -0.1) is 0 Å². The maximum absolute atomic E-state index is 11.5. The SMILES string of the molecule is COCCOCC(=O)NCC1CNCCC1C. The molecule has 1 rings (SSSR count). The van der Waals surface area contributed by atoms with Crippen LogP contribution in [0.5, 0.6) is 0 Å². The molecule has 1 aliphatic heterocycles. The number of carbonyl (C=O) groups is 1. The molecule has 5 nitrogen and oxygen atoms in total. The number of hydrogen-bond acceptors (Lipinski definition) is 4. The zero-order valence-corrected chi connectivity index (χ0v) is 10.8. The molecule has 17 heavy (non-hydrogen) atoms. The van der Waals surface area contributed by atoms with Gasteiger partial charge in [0.25, 0.3) is 0 Å². The van der Waals surface area contributed by atoms with Crippen molar-refractivity contribution >= 4 is 5.91 Å². The summed E-state index contributed by atoms with van der Waals surface area (Å²) in [6.07, 6.45) is 1.19. The van der Waals surface area contributed by atoms with Crippen molar-refractivity contribution in [2.24, 2.45) is 11.8 Å². The summed E-state index contributed by atoms with van der Waals surface area (Å²) in [6, 6.07) is 0. The molecule has 1 heterocycles. The largest absolute Gasteiger partial charge is 0.382 e. The average molecular weight is 244 g/mol. The molecule has 0 spiro atoms. The predicted molar refractivity (Wildman–Crippen MR) is 65.8 cm³/mol. The van der Waals surface area contributed by atoms with E-state index in [1.807, 2.05) is 0 Å².